The van der Waals surface area contributed by atoms with Gasteiger partial charge < -0.3 is 14.6 Å². The van der Waals surface area contributed by atoms with Crippen LogP contribution in [0.4, 0.5) is 5.69 Å². The van der Waals surface area contributed by atoms with Crippen LogP contribution in [0.3, 0.4) is 0 Å². The summed E-state index contributed by atoms with van der Waals surface area (Å²) < 4.78 is 10.3. The van der Waals surface area contributed by atoms with Crippen molar-refractivity contribution in [2.45, 2.75) is 19.4 Å². The van der Waals surface area contributed by atoms with Crippen LogP contribution in [0.5, 0.6) is 11.5 Å². The number of hydrogen-bond acceptors (Lipinski definition) is 6. The van der Waals surface area contributed by atoms with Gasteiger partial charge in [0, 0.05) is 6.07 Å². The number of nitro benzene ring substituents is 1. The molecule has 0 aliphatic rings. The van der Waals surface area contributed by atoms with Crippen LogP contribution in [0, 0.1) is 10.1 Å². The second-order valence-corrected chi connectivity index (χ2v) is 3.81. The Morgan fingerprint density at radius 2 is 2.16 bits per heavy atom. The van der Waals surface area contributed by atoms with Crippen molar-refractivity contribution < 1.29 is 24.3 Å². The standard InChI is InChI=1S/C12H15NO6/c1-3-9(15)7-19-12-5-10(13(16)17)8(6-14)4-11(12)18-2/h4-6,9,15H,3,7H2,1-2H3. The Labute approximate surface area is 109 Å². The van der Waals surface area contributed by atoms with Crippen molar-refractivity contribution in [3.63, 3.8) is 0 Å². The van der Waals surface area contributed by atoms with Crippen molar-refractivity contribution >= 4 is 12.0 Å². The molecule has 7 nitrogen and oxygen atoms in total. The minimum absolute atomic E-state index is 0.00947. The molecule has 7 heteroatoms. The van der Waals surface area contributed by atoms with E-state index in [0.717, 1.165) is 6.07 Å². The number of aldehydes is 1. The summed E-state index contributed by atoms with van der Waals surface area (Å²) in [5.41, 5.74) is -0.456. The molecule has 0 heterocycles. The second-order valence-electron chi connectivity index (χ2n) is 3.81. The normalized spacial score (nSPS) is 11.7. The lowest BCUT2D eigenvalue weighted by molar-refractivity contribution is -0.385. The summed E-state index contributed by atoms with van der Waals surface area (Å²) >= 11 is 0. The molecule has 1 atom stereocenters. The van der Waals surface area contributed by atoms with Gasteiger partial charge in [0.2, 0.25) is 0 Å². The van der Waals surface area contributed by atoms with Crippen molar-refractivity contribution in [1.82, 2.24) is 0 Å². The monoisotopic (exact) mass is 269 g/mol. The molecule has 0 aromatic heterocycles. The first-order chi connectivity index (χ1) is 9.03. The van der Waals surface area contributed by atoms with Crippen LogP contribution < -0.4 is 9.47 Å². The zero-order valence-corrected chi connectivity index (χ0v) is 10.7. The Bertz CT molecular complexity index is 474. The van der Waals surface area contributed by atoms with Gasteiger partial charge in [0.25, 0.3) is 5.69 Å². The fourth-order valence-electron chi connectivity index (χ4n) is 1.39. The lowest BCUT2D eigenvalue weighted by Crippen LogP contribution is -2.16. The van der Waals surface area contributed by atoms with E-state index in [1.165, 1.54) is 13.2 Å². The van der Waals surface area contributed by atoms with Gasteiger partial charge in [-0.05, 0) is 6.42 Å². The summed E-state index contributed by atoms with van der Waals surface area (Å²) in [6, 6.07) is 2.35. The van der Waals surface area contributed by atoms with E-state index in [1.807, 2.05) is 0 Å². The average Bonchev–Trinajstić information content (AvgIpc) is 2.43. The third kappa shape index (κ3) is 3.65. The van der Waals surface area contributed by atoms with E-state index < -0.39 is 11.0 Å². The smallest absolute Gasteiger partial charge is 0.283 e. The molecular formula is C12H15NO6. The predicted octanol–water partition coefficient (Wildman–Crippen LogP) is 1.57. The zero-order chi connectivity index (χ0) is 14.4. The molecule has 0 amide bonds. The van der Waals surface area contributed by atoms with E-state index in [1.54, 1.807) is 6.92 Å². The Hall–Kier alpha value is -2.15. The molecule has 19 heavy (non-hydrogen) atoms. The highest BCUT2D eigenvalue weighted by atomic mass is 16.6. The van der Waals surface area contributed by atoms with Crippen LogP contribution in [0.15, 0.2) is 12.1 Å². The van der Waals surface area contributed by atoms with Crippen LogP contribution in [0.25, 0.3) is 0 Å². The molecule has 0 saturated heterocycles. The summed E-state index contributed by atoms with van der Waals surface area (Å²) in [4.78, 5) is 20.9. The SMILES string of the molecule is CCC(O)COc1cc([N+](=O)[O-])c(C=O)cc1OC. The first kappa shape index (κ1) is 14.9. The molecule has 0 radical (unpaired) electrons. The quantitative estimate of drug-likeness (QED) is 0.458. The number of ether oxygens (including phenoxy) is 2. The van der Waals surface area contributed by atoms with E-state index in [0.29, 0.717) is 12.7 Å². The summed E-state index contributed by atoms with van der Waals surface area (Å²) in [7, 11) is 1.36. The number of hydrogen-bond donors (Lipinski definition) is 1. The summed E-state index contributed by atoms with van der Waals surface area (Å²) in [5, 5.41) is 20.2. The molecule has 1 N–H and O–H groups in total. The van der Waals surface area contributed by atoms with E-state index in [9.17, 15) is 20.0 Å². The van der Waals surface area contributed by atoms with Crippen LogP contribution >= 0.6 is 0 Å². The van der Waals surface area contributed by atoms with Gasteiger partial charge in [-0.25, -0.2) is 0 Å². The summed E-state index contributed by atoms with van der Waals surface area (Å²) in [5.74, 6) is 0.323. The van der Waals surface area contributed by atoms with E-state index in [-0.39, 0.29) is 29.4 Å². The lowest BCUT2D eigenvalue weighted by atomic mass is 10.1. The fourth-order valence-corrected chi connectivity index (χ4v) is 1.39. The van der Waals surface area contributed by atoms with Crippen LogP contribution in [-0.4, -0.2) is 36.1 Å². The topological polar surface area (TPSA) is 98.9 Å². The van der Waals surface area contributed by atoms with Gasteiger partial charge in [-0.1, -0.05) is 6.92 Å². The molecular weight excluding hydrogens is 254 g/mol. The van der Waals surface area contributed by atoms with Crippen LogP contribution in [-0.2, 0) is 0 Å². The Balaban J connectivity index is 3.11. The van der Waals surface area contributed by atoms with Gasteiger partial charge in [-0.15, -0.1) is 0 Å². The highest BCUT2D eigenvalue weighted by Gasteiger charge is 2.19. The van der Waals surface area contributed by atoms with Crippen molar-refractivity contribution in [2.75, 3.05) is 13.7 Å². The molecule has 1 aromatic rings. The molecule has 1 rings (SSSR count). The number of rotatable bonds is 7. The van der Waals surface area contributed by atoms with Crippen molar-refractivity contribution in [3.8, 4) is 11.5 Å². The first-order valence-corrected chi connectivity index (χ1v) is 5.65. The fraction of sp³-hybridized carbons (Fsp3) is 0.417. The summed E-state index contributed by atoms with van der Waals surface area (Å²) in [6.07, 6.45) is 0.205. The number of carbonyl (C=O) groups excluding carboxylic acids is 1. The third-order valence-corrected chi connectivity index (χ3v) is 2.54. The van der Waals surface area contributed by atoms with Crippen molar-refractivity contribution in [1.29, 1.82) is 0 Å². The van der Waals surface area contributed by atoms with Crippen molar-refractivity contribution in [3.05, 3.63) is 27.8 Å². The van der Waals surface area contributed by atoms with Crippen LogP contribution in [0.1, 0.15) is 23.7 Å². The van der Waals surface area contributed by atoms with Crippen LogP contribution in [0.2, 0.25) is 0 Å². The van der Waals surface area contributed by atoms with E-state index in [2.05, 4.69) is 0 Å². The average molecular weight is 269 g/mol. The predicted molar refractivity (Wildman–Crippen MR) is 66.8 cm³/mol. The molecule has 0 bridgehead atoms. The van der Waals surface area contributed by atoms with E-state index >= 15 is 0 Å². The maximum atomic E-state index is 10.8. The Kier molecular flexibility index (Phi) is 5.25. The zero-order valence-electron chi connectivity index (χ0n) is 10.7. The number of nitro groups is 1. The number of benzene rings is 1. The molecule has 104 valence electrons. The van der Waals surface area contributed by atoms with Gasteiger partial charge in [0.15, 0.2) is 17.8 Å². The third-order valence-electron chi connectivity index (χ3n) is 2.54. The molecule has 1 aromatic carbocycles. The highest BCUT2D eigenvalue weighted by Crippen LogP contribution is 2.34. The largest absolute Gasteiger partial charge is 0.493 e. The summed E-state index contributed by atoms with van der Waals surface area (Å²) in [6.45, 7) is 1.77. The van der Waals surface area contributed by atoms with Gasteiger partial charge in [0.1, 0.15) is 6.61 Å². The first-order valence-electron chi connectivity index (χ1n) is 5.65. The van der Waals surface area contributed by atoms with Gasteiger partial charge in [-0.3, -0.25) is 14.9 Å². The Morgan fingerprint density at radius 3 is 2.63 bits per heavy atom. The molecule has 1 unspecified atom stereocenters. The number of aliphatic hydroxyl groups excluding tert-OH is 1. The molecule has 0 saturated carbocycles. The van der Waals surface area contributed by atoms with Gasteiger partial charge in [0.05, 0.1) is 29.8 Å². The number of aliphatic hydroxyl groups is 1. The molecule has 0 fully saturated rings. The molecule has 0 aliphatic carbocycles. The Morgan fingerprint density at radius 1 is 1.47 bits per heavy atom. The minimum atomic E-state index is -0.674. The van der Waals surface area contributed by atoms with Gasteiger partial charge >= 0.3 is 0 Å². The minimum Gasteiger partial charge on any atom is -0.493 e. The second kappa shape index (κ2) is 6.69. The number of carbonyl (C=O) groups is 1. The highest BCUT2D eigenvalue weighted by molar-refractivity contribution is 5.83. The maximum Gasteiger partial charge on any atom is 0.283 e. The molecule has 0 aliphatic heterocycles. The number of nitrogens with zero attached hydrogens (tertiary/aromatic N) is 1. The number of methoxy groups -OCH3 is 1. The van der Waals surface area contributed by atoms with E-state index in [4.69, 9.17) is 9.47 Å². The molecule has 0 spiro atoms. The maximum absolute atomic E-state index is 10.8. The lowest BCUT2D eigenvalue weighted by Gasteiger charge is -2.13. The van der Waals surface area contributed by atoms with Gasteiger partial charge in [-0.2, -0.15) is 0 Å². The van der Waals surface area contributed by atoms with Crippen molar-refractivity contribution in [2.24, 2.45) is 0 Å².